The van der Waals surface area contributed by atoms with Gasteiger partial charge in [0.25, 0.3) is 5.91 Å². The van der Waals surface area contributed by atoms with Crippen LogP contribution in [-0.2, 0) is 4.79 Å². The Morgan fingerprint density at radius 2 is 1.59 bits per heavy atom. The number of nitrogens with zero attached hydrogens (tertiary/aromatic N) is 5. The molecule has 2 amide bonds. The maximum Gasteiger partial charge on any atom is 0.253 e. The van der Waals surface area contributed by atoms with Gasteiger partial charge in [0.05, 0.1) is 12.2 Å². The zero-order valence-corrected chi connectivity index (χ0v) is 15.5. The van der Waals surface area contributed by atoms with Crippen molar-refractivity contribution in [2.75, 3.05) is 45.8 Å². The Morgan fingerprint density at radius 3 is 2.22 bits per heavy atom. The van der Waals surface area contributed by atoms with Crippen LogP contribution >= 0.6 is 0 Å². The van der Waals surface area contributed by atoms with E-state index in [1.54, 1.807) is 10.9 Å². The van der Waals surface area contributed by atoms with E-state index in [-0.39, 0.29) is 11.8 Å². The Morgan fingerprint density at radius 1 is 0.889 bits per heavy atom. The van der Waals surface area contributed by atoms with E-state index in [1.807, 2.05) is 46.3 Å². The van der Waals surface area contributed by atoms with Gasteiger partial charge in [-0.1, -0.05) is 0 Å². The number of carbonyl (C=O) groups is 2. The summed E-state index contributed by atoms with van der Waals surface area (Å²) in [7, 11) is 0. The topological polar surface area (TPSA) is 61.7 Å². The SMILES string of the molecule is O=C(CN1CCN(C(=O)c2ccc(-n3cccn3)cc2)CC1)N1CCCC1. The number of hydrogen-bond donors (Lipinski definition) is 0. The molecule has 2 saturated heterocycles. The fraction of sp³-hybridized carbons (Fsp3) is 0.450. The van der Waals surface area contributed by atoms with Crippen LogP contribution in [0, 0.1) is 0 Å². The summed E-state index contributed by atoms with van der Waals surface area (Å²) in [6.07, 6.45) is 5.84. The highest BCUT2D eigenvalue weighted by atomic mass is 16.2. The van der Waals surface area contributed by atoms with Gasteiger partial charge in [0.15, 0.2) is 0 Å². The Hall–Kier alpha value is -2.67. The standard InChI is InChI=1S/C20H25N5O2/c26-19(23-9-1-2-10-23)16-22-12-14-24(15-13-22)20(27)17-4-6-18(7-5-17)25-11-3-8-21-25/h3-8,11H,1-2,9-10,12-16H2. The van der Waals surface area contributed by atoms with E-state index in [2.05, 4.69) is 10.00 Å². The monoisotopic (exact) mass is 367 g/mol. The molecule has 0 spiro atoms. The van der Waals surface area contributed by atoms with E-state index in [4.69, 9.17) is 0 Å². The summed E-state index contributed by atoms with van der Waals surface area (Å²) < 4.78 is 1.77. The number of hydrogen-bond acceptors (Lipinski definition) is 4. The molecule has 1 aromatic carbocycles. The lowest BCUT2D eigenvalue weighted by Gasteiger charge is -2.35. The molecule has 0 aliphatic carbocycles. The summed E-state index contributed by atoms with van der Waals surface area (Å²) in [6.45, 7) is 5.08. The number of carbonyl (C=O) groups excluding carboxylic acids is 2. The zero-order chi connectivity index (χ0) is 18.6. The largest absolute Gasteiger partial charge is 0.342 e. The molecule has 7 heteroatoms. The highest BCUT2D eigenvalue weighted by Gasteiger charge is 2.25. The molecule has 1 aromatic heterocycles. The van der Waals surface area contributed by atoms with E-state index in [1.165, 1.54) is 0 Å². The molecule has 142 valence electrons. The van der Waals surface area contributed by atoms with Crippen molar-refractivity contribution in [3.63, 3.8) is 0 Å². The van der Waals surface area contributed by atoms with Crippen LogP contribution in [0.5, 0.6) is 0 Å². The van der Waals surface area contributed by atoms with Gasteiger partial charge >= 0.3 is 0 Å². The molecular weight excluding hydrogens is 342 g/mol. The molecule has 2 fully saturated rings. The van der Waals surface area contributed by atoms with Gasteiger partial charge in [0.1, 0.15) is 0 Å². The predicted molar refractivity (Wildman–Crippen MR) is 102 cm³/mol. The number of likely N-dealkylation sites (tertiary alicyclic amines) is 1. The lowest BCUT2D eigenvalue weighted by atomic mass is 10.1. The maximum atomic E-state index is 12.7. The Balaban J connectivity index is 1.30. The Kier molecular flexibility index (Phi) is 5.20. The molecule has 3 heterocycles. The minimum Gasteiger partial charge on any atom is -0.342 e. The van der Waals surface area contributed by atoms with Gasteiger partial charge in [-0.15, -0.1) is 0 Å². The average molecular weight is 367 g/mol. The second-order valence-electron chi connectivity index (χ2n) is 7.15. The van der Waals surface area contributed by atoms with Crippen molar-refractivity contribution in [2.24, 2.45) is 0 Å². The molecule has 7 nitrogen and oxygen atoms in total. The van der Waals surface area contributed by atoms with Crippen molar-refractivity contribution < 1.29 is 9.59 Å². The first-order valence-electron chi connectivity index (χ1n) is 9.60. The highest BCUT2D eigenvalue weighted by molar-refractivity contribution is 5.94. The van der Waals surface area contributed by atoms with Crippen LogP contribution in [-0.4, -0.2) is 82.1 Å². The third-order valence-electron chi connectivity index (χ3n) is 5.36. The first-order valence-corrected chi connectivity index (χ1v) is 9.60. The van der Waals surface area contributed by atoms with Gasteiger partial charge < -0.3 is 9.80 Å². The summed E-state index contributed by atoms with van der Waals surface area (Å²) in [6, 6.07) is 9.38. The van der Waals surface area contributed by atoms with Crippen molar-refractivity contribution in [3.8, 4) is 5.69 Å². The molecule has 4 rings (SSSR count). The average Bonchev–Trinajstić information content (AvgIpc) is 3.42. The molecule has 0 atom stereocenters. The Bertz CT molecular complexity index is 773. The highest BCUT2D eigenvalue weighted by Crippen LogP contribution is 2.13. The molecule has 0 radical (unpaired) electrons. The van der Waals surface area contributed by atoms with Crippen molar-refractivity contribution >= 4 is 11.8 Å². The molecule has 0 saturated carbocycles. The number of aromatic nitrogens is 2. The van der Waals surface area contributed by atoms with Crippen molar-refractivity contribution in [1.29, 1.82) is 0 Å². The van der Waals surface area contributed by atoms with Crippen LogP contribution in [0.15, 0.2) is 42.7 Å². The first-order chi connectivity index (χ1) is 13.2. The molecule has 0 N–H and O–H groups in total. The molecule has 2 aliphatic heterocycles. The fourth-order valence-electron chi connectivity index (χ4n) is 3.73. The summed E-state index contributed by atoms with van der Waals surface area (Å²) in [5, 5.41) is 4.20. The van der Waals surface area contributed by atoms with Crippen LogP contribution in [0.2, 0.25) is 0 Å². The second-order valence-corrected chi connectivity index (χ2v) is 7.15. The number of amides is 2. The third-order valence-corrected chi connectivity index (χ3v) is 5.36. The first kappa shape index (κ1) is 17.7. The van der Waals surface area contributed by atoms with E-state index in [0.29, 0.717) is 25.2 Å². The molecule has 27 heavy (non-hydrogen) atoms. The van der Waals surface area contributed by atoms with E-state index in [0.717, 1.165) is 44.7 Å². The number of rotatable bonds is 4. The van der Waals surface area contributed by atoms with Crippen LogP contribution in [0.25, 0.3) is 5.69 Å². The third kappa shape index (κ3) is 4.03. The van der Waals surface area contributed by atoms with E-state index < -0.39 is 0 Å². The number of piperazine rings is 1. The van der Waals surface area contributed by atoms with Crippen molar-refractivity contribution in [3.05, 3.63) is 48.3 Å². The maximum absolute atomic E-state index is 12.7. The van der Waals surface area contributed by atoms with Gasteiger partial charge in [-0.3, -0.25) is 14.5 Å². The van der Waals surface area contributed by atoms with Crippen molar-refractivity contribution in [2.45, 2.75) is 12.8 Å². The summed E-state index contributed by atoms with van der Waals surface area (Å²) in [5.41, 5.74) is 1.62. The molecule has 2 aromatic rings. The van der Waals surface area contributed by atoms with Crippen LogP contribution in [0.4, 0.5) is 0 Å². The normalized spacial score (nSPS) is 18.1. The lowest BCUT2D eigenvalue weighted by Crippen LogP contribution is -2.51. The number of benzene rings is 1. The summed E-state index contributed by atoms with van der Waals surface area (Å²) in [4.78, 5) is 31.0. The van der Waals surface area contributed by atoms with Gasteiger partial charge in [0, 0.05) is 57.2 Å². The summed E-state index contributed by atoms with van der Waals surface area (Å²) in [5.74, 6) is 0.272. The summed E-state index contributed by atoms with van der Waals surface area (Å²) >= 11 is 0. The second kappa shape index (κ2) is 7.92. The minimum absolute atomic E-state index is 0.0486. The van der Waals surface area contributed by atoms with E-state index >= 15 is 0 Å². The molecular formula is C20H25N5O2. The fourth-order valence-corrected chi connectivity index (χ4v) is 3.73. The lowest BCUT2D eigenvalue weighted by molar-refractivity contribution is -0.131. The van der Waals surface area contributed by atoms with Gasteiger partial charge in [-0.25, -0.2) is 4.68 Å². The Labute approximate surface area is 159 Å². The zero-order valence-electron chi connectivity index (χ0n) is 15.5. The quantitative estimate of drug-likeness (QED) is 0.816. The van der Waals surface area contributed by atoms with Crippen LogP contribution < -0.4 is 0 Å². The van der Waals surface area contributed by atoms with Crippen LogP contribution in [0.1, 0.15) is 23.2 Å². The van der Waals surface area contributed by atoms with Gasteiger partial charge in [-0.05, 0) is 43.2 Å². The van der Waals surface area contributed by atoms with Crippen LogP contribution in [0.3, 0.4) is 0 Å². The molecule has 0 bridgehead atoms. The molecule has 0 unspecified atom stereocenters. The van der Waals surface area contributed by atoms with Gasteiger partial charge in [-0.2, -0.15) is 5.10 Å². The smallest absolute Gasteiger partial charge is 0.253 e. The minimum atomic E-state index is 0.0486. The van der Waals surface area contributed by atoms with Gasteiger partial charge in [0.2, 0.25) is 5.91 Å². The predicted octanol–water partition coefficient (Wildman–Crippen LogP) is 1.25. The van der Waals surface area contributed by atoms with Crippen molar-refractivity contribution in [1.82, 2.24) is 24.5 Å². The van der Waals surface area contributed by atoms with E-state index in [9.17, 15) is 9.59 Å². The molecule has 2 aliphatic rings.